The van der Waals surface area contributed by atoms with Gasteiger partial charge in [-0.3, -0.25) is 9.59 Å². The first-order valence-electron chi connectivity index (χ1n) is 8.79. The Hall–Kier alpha value is -2.99. The minimum Gasteiger partial charge on any atom is -0.322 e. The first-order chi connectivity index (χ1) is 13.5. The van der Waals surface area contributed by atoms with Gasteiger partial charge in [-0.2, -0.15) is 0 Å². The Morgan fingerprint density at radius 3 is 2.54 bits per heavy atom. The molecule has 3 aromatic rings. The fourth-order valence-electron chi connectivity index (χ4n) is 3.27. The molecule has 1 heterocycles. The van der Waals surface area contributed by atoms with E-state index in [0.717, 1.165) is 12.1 Å². The maximum absolute atomic E-state index is 13.4. The zero-order valence-corrected chi connectivity index (χ0v) is 16.4. The Morgan fingerprint density at radius 1 is 1.00 bits per heavy atom. The predicted molar refractivity (Wildman–Crippen MR) is 110 cm³/mol. The molecule has 1 N–H and O–H groups in total. The average Bonchev–Trinajstić information content (AvgIpc) is 3.14. The Kier molecular flexibility index (Phi) is 4.96. The molecule has 1 aliphatic rings. The first kappa shape index (κ1) is 18.4. The van der Waals surface area contributed by atoms with E-state index in [0.29, 0.717) is 22.3 Å². The number of carbonyl (C=O) groups excluding carboxylic acids is 2. The predicted octanol–water partition coefficient (Wildman–Crippen LogP) is 5.04. The number of para-hydroxylation sites is 1. The Labute approximate surface area is 170 Å². The van der Waals surface area contributed by atoms with Crippen molar-refractivity contribution >= 4 is 39.1 Å². The zero-order chi connectivity index (χ0) is 19.7. The van der Waals surface area contributed by atoms with Crippen LogP contribution in [0.5, 0.6) is 0 Å². The molecule has 6 heteroatoms. The van der Waals surface area contributed by atoms with Crippen molar-refractivity contribution in [1.29, 1.82) is 0 Å². The number of carbonyl (C=O) groups is 2. The molecule has 0 fully saturated rings. The second kappa shape index (κ2) is 7.56. The molecule has 1 aliphatic heterocycles. The van der Waals surface area contributed by atoms with Gasteiger partial charge in [0.25, 0.3) is 11.8 Å². The minimum absolute atomic E-state index is 0.0734. The van der Waals surface area contributed by atoms with Crippen LogP contribution in [0.3, 0.4) is 0 Å². The van der Waals surface area contributed by atoms with Gasteiger partial charge in [0.2, 0.25) is 0 Å². The molecule has 0 spiro atoms. The third kappa shape index (κ3) is 3.55. The highest BCUT2D eigenvalue weighted by molar-refractivity contribution is 9.10. The summed E-state index contributed by atoms with van der Waals surface area (Å²) in [6.07, 6.45) is 0.846. The number of nitrogens with zero attached hydrogens (tertiary/aromatic N) is 1. The van der Waals surface area contributed by atoms with Gasteiger partial charge in [-0.15, -0.1) is 0 Å². The highest BCUT2D eigenvalue weighted by atomic mass is 79.9. The van der Waals surface area contributed by atoms with Crippen molar-refractivity contribution in [3.8, 4) is 0 Å². The first-order valence-corrected chi connectivity index (χ1v) is 9.58. The summed E-state index contributed by atoms with van der Waals surface area (Å²) < 4.78 is 13.9. The van der Waals surface area contributed by atoms with Gasteiger partial charge in [0, 0.05) is 28.0 Å². The molecule has 28 heavy (non-hydrogen) atoms. The highest BCUT2D eigenvalue weighted by Gasteiger charge is 2.25. The number of benzene rings is 3. The summed E-state index contributed by atoms with van der Waals surface area (Å²) in [7, 11) is 0. The molecule has 0 atom stereocenters. The lowest BCUT2D eigenvalue weighted by atomic mass is 10.1. The van der Waals surface area contributed by atoms with E-state index >= 15 is 0 Å². The van der Waals surface area contributed by atoms with Gasteiger partial charge >= 0.3 is 0 Å². The maximum atomic E-state index is 13.4. The van der Waals surface area contributed by atoms with Crippen LogP contribution in [0.4, 0.5) is 15.8 Å². The van der Waals surface area contributed by atoms with Gasteiger partial charge in [-0.25, -0.2) is 4.39 Å². The number of amides is 2. The van der Waals surface area contributed by atoms with Crippen LogP contribution in [0.1, 0.15) is 26.3 Å². The van der Waals surface area contributed by atoms with Crippen LogP contribution in [0, 0.1) is 5.82 Å². The van der Waals surface area contributed by atoms with Crippen LogP contribution in [-0.2, 0) is 6.42 Å². The molecule has 140 valence electrons. The summed E-state index contributed by atoms with van der Waals surface area (Å²) in [5, 5.41) is 2.72. The second-order valence-electron chi connectivity index (χ2n) is 6.49. The average molecular weight is 439 g/mol. The van der Waals surface area contributed by atoms with E-state index in [1.165, 1.54) is 23.8 Å². The Bertz CT molecular complexity index is 1070. The van der Waals surface area contributed by atoms with Crippen LogP contribution in [0.25, 0.3) is 0 Å². The summed E-state index contributed by atoms with van der Waals surface area (Å²) in [4.78, 5) is 27.0. The molecule has 4 nitrogen and oxygen atoms in total. The fraction of sp³-hybridized carbons (Fsp3) is 0.0909. The van der Waals surface area contributed by atoms with E-state index in [9.17, 15) is 14.0 Å². The van der Waals surface area contributed by atoms with E-state index in [1.807, 2.05) is 24.3 Å². The maximum Gasteiger partial charge on any atom is 0.258 e. The number of nitrogens with one attached hydrogen (secondary N) is 1. The largest absolute Gasteiger partial charge is 0.322 e. The van der Waals surface area contributed by atoms with Gasteiger partial charge in [0.05, 0.1) is 5.56 Å². The summed E-state index contributed by atoms with van der Waals surface area (Å²) in [5.41, 5.74) is 3.39. The fourth-order valence-corrected chi connectivity index (χ4v) is 3.70. The molecule has 4 rings (SSSR count). The smallest absolute Gasteiger partial charge is 0.258 e. The number of rotatable bonds is 3. The minimum atomic E-state index is -0.486. The third-order valence-corrected chi connectivity index (χ3v) is 5.39. The molecular weight excluding hydrogens is 423 g/mol. The molecular formula is C22H16BrFN2O2. The van der Waals surface area contributed by atoms with Gasteiger partial charge in [0.15, 0.2) is 0 Å². The summed E-state index contributed by atoms with van der Waals surface area (Å²) >= 11 is 3.25. The molecule has 0 aliphatic carbocycles. The number of hydrogen-bond acceptors (Lipinski definition) is 2. The van der Waals surface area contributed by atoms with Crippen LogP contribution in [0.15, 0.2) is 71.2 Å². The monoisotopic (exact) mass is 438 g/mol. The lowest BCUT2D eigenvalue weighted by Crippen LogP contribution is -2.28. The topological polar surface area (TPSA) is 49.4 Å². The van der Waals surface area contributed by atoms with E-state index in [2.05, 4.69) is 21.2 Å². The van der Waals surface area contributed by atoms with Crippen molar-refractivity contribution in [3.05, 3.63) is 93.7 Å². The van der Waals surface area contributed by atoms with Crippen molar-refractivity contribution in [2.24, 2.45) is 0 Å². The summed E-state index contributed by atoms with van der Waals surface area (Å²) in [6.45, 7) is 0.657. The SMILES string of the molecule is O=C(Nc1ccc(C(=O)N2CCc3ccccc32)cc1)c1cc(F)ccc1Br. The number of fused-ring (bicyclic) bond motifs is 1. The Balaban J connectivity index is 1.49. The van der Waals surface area contributed by atoms with Crippen LogP contribution >= 0.6 is 15.9 Å². The van der Waals surface area contributed by atoms with Gasteiger partial charge < -0.3 is 10.2 Å². The summed E-state index contributed by atoms with van der Waals surface area (Å²) in [5.74, 6) is -0.991. The molecule has 0 unspecified atom stereocenters. The van der Waals surface area contributed by atoms with Crippen molar-refractivity contribution in [2.75, 3.05) is 16.8 Å². The van der Waals surface area contributed by atoms with Crippen molar-refractivity contribution < 1.29 is 14.0 Å². The second-order valence-corrected chi connectivity index (χ2v) is 7.35. The zero-order valence-electron chi connectivity index (χ0n) is 14.8. The molecule has 0 saturated carbocycles. The highest BCUT2D eigenvalue weighted by Crippen LogP contribution is 2.29. The van der Waals surface area contributed by atoms with E-state index in [1.54, 1.807) is 29.2 Å². The van der Waals surface area contributed by atoms with E-state index < -0.39 is 11.7 Å². The van der Waals surface area contributed by atoms with Crippen molar-refractivity contribution in [1.82, 2.24) is 0 Å². The van der Waals surface area contributed by atoms with Crippen LogP contribution < -0.4 is 10.2 Å². The van der Waals surface area contributed by atoms with Gasteiger partial charge in [-0.1, -0.05) is 18.2 Å². The van der Waals surface area contributed by atoms with Crippen molar-refractivity contribution in [2.45, 2.75) is 6.42 Å². The number of halogens is 2. The van der Waals surface area contributed by atoms with Gasteiger partial charge in [-0.05, 0) is 76.4 Å². The lowest BCUT2D eigenvalue weighted by Gasteiger charge is -2.17. The molecule has 2 amide bonds. The van der Waals surface area contributed by atoms with E-state index in [-0.39, 0.29) is 11.5 Å². The quantitative estimate of drug-likeness (QED) is 0.622. The Morgan fingerprint density at radius 2 is 1.75 bits per heavy atom. The van der Waals surface area contributed by atoms with E-state index in [4.69, 9.17) is 0 Å². The van der Waals surface area contributed by atoms with Crippen LogP contribution in [-0.4, -0.2) is 18.4 Å². The van der Waals surface area contributed by atoms with Crippen molar-refractivity contribution in [3.63, 3.8) is 0 Å². The number of hydrogen-bond donors (Lipinski definition) is 1. The third-order valence-electron chi connectivity index (χ3n) is 4.70. The molecule has 0 saturated heterocycles. The lowest BCUT2D eigenvalue weighted by molar-refractivity contribution is 0.0988. The van der Waals surface area contributed by atoms with Gasteiger partial charge in [0.1, 0.15) is 5.82 Å². The molecule has 0 bridgehead atoms. The normalized spacial score (nSPS) is 12.6. The molecule has 0 aromatic heterocycles. The molecule has 0 radical (unpaired) electrons. The molecule has 3 aromatic carbocycles. The standard InChI is InChI=1S/C22H16BrFN2O2/c23-19-10-7-16(24)13-18(19)21(27)25-17-8-5-15(6-9-17)22(28)26-12-11-14-3-1-2-4-20(14)26/h1-10,13H,11-12H2,(H,25,27). The number of anilines is 2. The van der Waals surface area contributed by atoms with Crippen LogP contribution in [0.2, 0.25) is 0 Å². The summed E-state index contributed by atoms with van der Waals surface area (Å²) in [6, 6.07) is 18.5.